The van der Waals surface area contributed by atoms with Gasteiger partial charge in [-0.25, -0.2) is 4.79 Å². The van der Waals surface area contributed by atoms with Crippen molar-refractivity contribution in [1.29, 1.82) is 0 Å². The number of amides is 1. The first-order valence-electron chi connectivity index (χ1n) is 12.5. The lowest BCUT2D eigenvalue weighted by molar-refractivity contribution is -0.126. The van der Waals surface area contributed by atoms with E-state index >= 15 is 0 Å². The number of nitrogens with one attached hydrogen (secondary N) is 1. The molecule has 7 rings (SSSR count). The van der Waals surface area contributed by atoms with E-state index in [2.05, 4.69) is 26.7 Å². The van der Waals surface area contributed by atoms with E-state index < -0.39 is 0 Å². The number of aromatic nitrogens is 4. The van der Waals surface area contributed by atoms with Crippen LogP contribution in [-0.4, -0.2) is 62.8 Å². The number of hydrogen-bond acceptors (Lipinski definition) is 6. The second-order valence-electron chi connectivity index (χ2n) is 10.0. The minimum absolute atomic E-state index is 0.114. The lowest BCUT2D eigenvalue weighted by Crippen LogP contribution is -2.56. The van der Waals surface area contributed by atoms with Crippen LogP contribution in [0.2, 0.25) is 5.02 Å². The molecule has 0 bridgehead atoms. The molecule has 1 amide bonds. The predicted octanol–water partition coefficient (Wildman–Crippen LogP) is 3.83. The van der Waals surface area contributed by atoms with Gasteiger partial charge in [0.25, 0.3) is 0 Å². The normalized spacial score (nSPS) is 19.0. The van der Waals surface area contributed by atoms with Crippen LogP contribution in [-0.2, 0) is 4.79 Å². The predicted molar refractivity (Wildman–Crippen MR) is 143 cm³/mol. The summed E-state index contributed by atoms with van der Waals surface area (Å²) in [6.45, 7) is 7.47. The van der Waals surface area contributed by atoms with Crippen molar-refractivity contribution in [2.75, 3.05) is 31.1 Å². The Bertz CT molecular complexity index is 1690. The number of nitrogens with zero attached hydrogens (tertiary/aromatic N) is 5. The number of aryl methyl sites for hydroxylation is 1. The molecule has 9 nitrogen and oxygen atoms in total. The molecule has 4 aromatic rings. The number of aromatic amines is 1. The lowest BCUT2D eigenvalue weighted by Gasteiger charge is -2.40. The van der Waals surface area contributed by atoms with Gasteiger partial charge >= 0.3 is 5.69 Å². The summed E-state index contributed by atoms with van der Waals surface area (Å²) in [5.74, 6) is 0.987. The topological polar surface area (TPSA) is 96.4 Å². The van der Waals surface area contributed by atoms with Crippen LogP contribution in [0.5, 0.6) is 5.75 Å². The molecule has 2 aliphatic heterocycles. The Balaban J connectivity index is 1.50. The largest absolute Gasteiger partial charge is 0.489 e. The highest BCUT2D eigenvalue weighted by Crippen LogP contribution is 2.49. The third kappa shape index (κ3) is 3.30. The van der Waals surface area contributed by atoms with Crippen LogP contribution in [0.3, 0.4) is 0 Å². The summed E-state index contributed by atoms with van der Waals surface area (Å²) in [5, 5.41) is 9.46. The van der Waals surface area contributed by atoms with Gasteiger partial charge in [0.05, 0.1) is 33.7 Å². The lowest BCUT2D eigenvalue weighted by atomic mass is 9.95. The van der Waals surface area contributed by atoms with E-state index in [1.165, 1.54) is 6.08 Å². The molecular formula is C27H25ClN6O3. The van der Waals surface area contributed by atoms with Crippen LogP contribution in [0.1, 0.15) is 24.4 Å². The zero-order valence-electron chi connectivity index (χ0n) is 20.3. The smallest absolute Gasteiger partial charge is 0.350 e. The maximum Gasteiger partial charge on any atom is 0.350 e. The fourth-order valence-electron chi connectivity index (χ4n) is 5.81. The van der Waals surface area contributed by atoms with E-state index in [1.807, 2.05) is 25.1 Å². The van der Waals surface area contributed by atoms with E-state index in [-0.39, 0.29) is 23.7 Å². The fourth-order valence-corrected chi connectivity index (χ4v) is 6.11. The number of H-pyrrole nitrogens is 1. The van der Waals surface area contributed by atoms with Crippen LogP contribution in [0, 0.1) is 6.92 Å². The number of halogens is 1. The third-order valence-electron chi connectivity index (χ3n) is 7.77. The van der Waals surface area contributed by atoms with Gasteiger partial charge in [0.2, 0.25) is 5.91 Å². The van der Waals surface area contributed by atoms with E-state index in [0.717, 1.165) is 51.3 Å². The molecule has 1 saturated carbocycles. The first kappa shape index (κ1) is 22.4. The molecule has 1 saturated heterocycles. The Hall–Kier alpha value is -3.85. The number of anilines is 1. The van der Waals surface area contributed by atoms with Crippen LogP contribution in [0.25, 0.3) is 32.9 Å². The standard InChI is InChI=1S/C27H25ClN6O3/c1-3-21(35)32-8-9-33-16(12-32)13-37-25-23-20(34(15-5-6-15)27(36)30-26(23)33)10-17(24(25)28)22-14(2)4-7-19-18(22)11-29-31-19/h3-4,7,10-11,15-16H,1,5-6,8-9,12-13H2,2H3,(H,29,31)/t16-/m0/s1. The van der Waals surface area contributed by atoms with Crippen molar-refractivity contribution in [2.45, 2.75) is 31.8 Å². The van der Waals surface area contributed by atoms with Gasteiger partial charge < -0.3 is 14.5 Å². The Kier molecular flexibility index (Phi) is 4.88. The molecule has 188 valence electrons. The maximum atomic E-state index is 13.5. The highest BCUT2D eigenvalue weighted by atomic mass is 35.5. The van der Waals surface area contributed by atoms with Crippen molar-refractivity contribution in [3.63, 3.8) is 0 Å². The molecule has 2 fully saturated rings. The van der Waals surface area contributed by atoms with Gasteiger partial charge in [-0.2, -0.15) is 10.1 Å². The van der Waals surface area contributed by atoms with E-state index in [9.17, 15) is 9.59 Å². The molecular weight excluding hydrogens is 492 g/mol. The summed E-state index contributed by atoms with van der Waals surface area (Å²) in [5.41, 5.74) is 4.20. The Morgan fingerprint density at radius 2 is 2.11 bits per heavy atom. The van der Waals surface area contributed by atoms with Crippen molar-refractivity contribution < 1.29 is 9.53 Å². The molecule has 0 radical (unpaired) electrons. The van der Waals surface area contributed by atoms with Gasteiger partial charge in [-0.1, -0.05) is 24.2 Å². The van der Waals surface area contributed by atoms with Crippen LogP contribution < -0.4 is 15.3 Å². The monoisotopic (exact) mass is 516 g/mol. The number of fused-ring (bicyclic) bond motifs is 3. The molecule has 10 heteroatoms. The van der Waals surface area contributed by atoms with Gasteiger partial charge in [0.15, 0.2) is 5.75 Å². The molecule has 0 spiro atoms. The van der Waals surface area contributed by atoms with Gasteiger partial charge in [-0.05, 0) is 49.1 Å². The summed E-state index contributed by atoms with van der Waals surface area (Å²) >= 11 is 7.16. The van der Waals surface area contributed by atoms with E-state index in [1.54, 1.807) is 15.7 Å². The quantitative estimate of drug-likeness (QED) is 0.416. The number of rotatable bonds is 3. The minimum atomic E-state index is -0.271. The summed E-state index contributed by atoms with van der Waals surface area (Å²) in [6, 6.07) is 5.99. The summed E-state index contributed by atoms with van der Waals surface area (Å²) in [6.07, 6.45) is 5.00. The third-order valence-corrected chi connectivity index (χ3v) is 8.14. The molecule has 2 aromatic heterocycles. The van der Waals surface area contributed by atoms with Crippen LogP contribution in [0.15, 0.2) is 41.8 Å². The van der Waals surface area contributed by atoms with Gasteiger partial charge in [0.1, 0.15) is 12.4 Å². The maximum absolute atomic E-state index is 13.5. The SMILES string of the molecule is C=CC(=O)N1CCN2c3nc(=O)n(C4CC4)c4cc(-c5c(C)ccc6[nH]ncc56)c(Cl)c(c34)OC[C@@H]2C1. The molecule has 4 heterocycles. The van der Waals surface area contributed by atoms with E-state index in [0.29, 0.717) is 42.8 Å². The van der Waals surface area contributed by atoms with Crippen LogP contribution in [0.4, 0.5) is 5.82 Å². The van der Waals surface area contributed by atoms with Crippen molar-refractivity contribution in [3.8, 4) is 16.9 Å². The zero-order chi connectivity index (χ0) is 25.4. The van der Waals surface area contributed by atoms with E-state index in [4.69, 9.17) is 16.3 Å². The number of carbonyl (C=O) groups excluding carboxylic acids is 1. The molecule has 1 atom stereocenters. The molecule has 0 unspecified atom stereocenters. The molecule has 1 aliphatic carbocycles. The first-order valence-corrected chi connectivity index (χ1v) is 12.9. The number of ether oxygens (including phenoxy) is 1. The number of piperazine rings is 1. The minimum Gasteiger partial charge on any atom is -0.489 e. The Morgan fingerprint density at radius 3 is 2.89 bits per heavy atom. The second kappa shape index (κ2) is 8.08. The van der Waals surface area contributed by atoms with Gasteiger partial charge in [-0.15, -0.1) is 0 Å². The molecule has 1 N–H and O–H groups in total. The summed E-state index contributed by atoms with van der Waals surface area (Å²) in [7, 11) is 0. The molecule has 37 heavy (non-hydrogen) atoms. The average molecular weight is 517 g/mol. The van der Waals surface area contributed by atoms with Gasteiger partial charge in [0, 0.05) is 36.6 Å². The second-order valence-corrected chi connectivity index (χ2v) is 10.4. The zero-order valence-corrected chi connectivity index (χ0v) is 21.1. The van der Waals surface area contributed by atoms with Crippen molar-refractivity contribution in [2.24, 2.45) is 0 Å². The summed E-state index contributed by atoms with van der Waals surface area (Å²) in [4.78, 5) is 34.2. The Labute approximate surface area is 217 Å². The highest BCUT2D eigenvalue weighted by Gasteiger charge is 2.38. The Morgan fingerprint density at radius 1 is 1.27 bits per heavy atom. The van der Waals surface area contributed by atoms with Crippen molar-refractivity contribution >= 4 is 45.1 Å². The molecule has 2 aromatic carbocycles. The van der Waals surface area contributed by atoms with Crippen molar-refractivity contribution in [3.05, 3.63) is 58.1 Å². The number of benzene rings is 2. The average Bonchev–Trinajstić information content (AvgIpc) is 3.65. The molecule has 3 aliphatic rings. The van der Waals surface area contributed by atoms with Gasteiger partial charge in [-0.3, -0.25) is 14.5 Å². The highest BCUT2D eigenvalue weighted by molar-refractivity contribution is 6.37. The van der Waals surface area contributed by atoms with Crippen LogP contribution >= 0.6 is 11.6 Å². The number of carbonyl (C=O) groups is 1. The first-order chi connectivity index (χ1) is 18.0. The number of hydrogen-bond donors (Lipinski definition) is 1. The summed E-state index contributed by atoms with van der Waals surface area (Å²) < 4.78 is 8.26. The fraction of sp³-hybridized carbons (Fsp3) is 0.333. The van der Waals surface area contributed by atoms with Crippen molar-refractivity contribution in [1.82, 2.24) is 24.6 Å².